The number of carbonyl (C=O) groups is 1. The number of amides is 1. The van der Waals surface area contributed by atoms with Crippen LogP contribution in [0.5, 0.6) is 5.75 Å². The van der Waals surface area contributed by atoms with Crippen molar-refractivity contribution in [2.75, 3.05) is 18.1 Å². The minimum Gasteiger partial charge on any atom is -0.492 e. The minimum atomic E-state index is -4.74. The maximum atomic E-state index is 13.4. The second-order valence-electron chi connectivity index (χ2n) is 9.20. The van der Waals surface area contributed by atoms with E-state index < -0.39 is 28.7 Å². The molecule has 1 aromatic carbocycles. The highest BCUT2D eigenvalue weighted by Crippen LogP contribution is 2.37. The van der Waals surface area contributed by atoms with Gasteiger partial charge in [0.1, 0.15) is 11.3 Å². The van der Waals surface area contributed by atoms with Gasteiger partial charge in [-0.3, -0.25) is 14.7 Å². The number of nitrogens with one attached hydrogen (secondary N) is 1. The van der Waals surface area contributed by atoms with Gasteiger partial charge >= 0.3 is 6.18 Å². The van der Waals surface area contributed by atoms with Crippen molar-refractivity contribution in [1.29, 1.82) is 5.26 Å². The van der Waals surface area contributed by atoms with E-state index in [9.17, 15) is 18.0 Å². The summed E-state index contributed by atoms with van der Waals surface area (Å²) in [7, 11) is 0. The van der Waals surface area contributed by atoms with Gasteiger partial charge in [0, 0.05) is 19.1 Å². The fourth-order valence-corrected chi connectivity index (χ4v) is 4.27. The Morgan fingerprint density at radius 3 is 2.56 bits per heavy atom. The minimum absolute atomic E-state index is 0.0266. The molecule has 1 aromatic heterocycles. The van der Waals surface area contributed by atoms with E-state index in [2.05, 4.69) is 24.1 Å². The summed E-state index contributed by atoms with van der Waals surface area (Å²) in [6, 6.07) is 8.76. The standard InChI is InChI=1S/C25H28F3N5O2S/c1-16(2)30-14-18-7-9-20(15-31-18)35-11-5-10-32-23(36)33(22(34)24(32,3)4)19-8-6-17(13-29)21(12-19)25(26,27)28/h6-9,12,15-16,30H,5,10-11,14H2,1-4H3. The molecule has 0 bridgehead atoms. The van der Waals surface area contributed by atoms with Crippen LogP contribution in [-0.2, 0) is 17.5 Å². The Morgan fingerprint density at radius 1 is 1.25 bits per heavy atom. The second kappa shape index (κ2) is 10.8. The summed E-state index contributed by atoms with van der Waals surface area (Å²) in [6.07, 6.45) is -2.57. The van der Waals surface area contributed by atoms with Gasteiger partial charge in [-0.05, 0) is 62.8 Å². The first-order valence-electron chi connectivity index (χ1n) is 11.4. The van der Waals surface area contributed by atoms with Crippen molar-refractivity contribution in [1.82, 2.24) is 15.2 Å². The van der Waals surface area contributed by atoms with Crippen LogP contribution in [-0.4, -0.2) is 45.6 Å². The lowest BCUT2D eigenvalue weighted by molar-refractivity contribution is -0.137. The molecule has 0 atom stereocenters. The lowest BCUT2D eigenvalue weighted by Crippen LogP contribution is -2.44. The van der Waals surface area contributed by atoms with Crippen LogP contribution in [0.1, 0.15) is 50.9 Å². The molecule has 1 amide bonds. The quantitative estimate of drug-likeness (QED) is 0.382. The Labute approximate surface area is 213 Å². The molecule has 7 nitrogen and oxygen atoms in total. The van der Waals surface area contributed by atoms with E-state index >= 15 is 0 Å². The van der Waals surface area contributed by atoms with Crippen LogP contribution in [0.4, 0.5) is 18.9 Å². The number of ether oxygens (including phenoxy) is 1. The summed E-state index contributed by atoms with van der Waals surface area (Å²) in [5, 5.41) is 12.4. The zero-order valence-corrected chi connectivity index (χ0v) is 21.3. The van der Waals surface area contributed by atoms with E-state index in [1.54, 1.807) is 31.0 Å². The Balaban J connectivity index is 1.65. The molecule has 11 heteroatoms. The predicted octanol–water partition coefficient (Wildman–Crippen LogP) is 4.65. The molecule has 1 N–H and O–H groups in total. The Morgan fingerprint density at radius 2 is 1.97 bits per heavy atom. The van der Waals surface area contributed by atoms with Crippen molar-refractivity contribution in [3.63, 3.8) is 0 Å². The van der Waals surface area contributed by atoms with Crippen LogP contribution in [0.15, 0.2) is 36.5 Å². The molecule has 1 saturated heterocycles. The predicted molar refractivity (Wildman–Crippen MR) is 133 cm³/mol. The van der Waals surface area contributed by atoms with Crippen LogP contribution >= 0.6 is 12.2 Å². The zero-order chi connectivity index (χ0) is 26.7. The molecule has 2 heterocycles. The lowest BCUT2D eigenvalue weighted by Gasteiger charge is -2.29. The number of aromatic nitrogens is 1. The second-order valence-corrected chi connectivity index (χ2v) is 9.56. The number of halogens is 3. The molecule has 1 aliphatic rings. The number of nitriles is 1. The smallest absolute Gasteiger partial charge is 0.417 e. The number of hydrogen-bond donors (Lipinski definition) is 1. The van der Waals surface area contributed by atoms with E-state index in [0.717, 1.165) is 22.7 Å². The summed E-state index contributed by atoms with van der Waals surface area (Å²) in [5.41, 5.74) is -1.81. The van der Waals surface area contributed by atoms with Crippen molar-refractivity contribution in [2.45, 2.75) is 58.4 Å². The van der Waals surface area contributed by atoms with Crippen molar-refractivity contribution < 1.29 is 22.7 Å². The van der Waals surface area contributed by atoms with Gasteiger partial charge in [-0.2, -0.15) is 18.4 Å². The average molecular weight is 520 g/mol. The van der Waals surface area contributed by atoms with Crippen LogP contribution in [0, 0.1) is 11.3 Å². The molecule has 0 radical (unpaired) electrons. The number of thiocarbonyl (C=S) groups is 1. The zero-order valence-electron chi connectivity index (χ0n) is 20.5. The Hall–Kier alpha value is -3.23. The van der Waals surface area contributed by atoms with Crippen molar-refractivity contribution in [3.8, 4) is 11.8 Å². The highest BCUT2D eigenvalue weighted by atomic mass is 32.1. The maximum absolute atomic E-state index is 13.4. The molecule has 1 fully saturated rings. The van der Waals surface area contributed by atoms with Gasteiger partial charge in [-0.15, -0.1) is 0 Å². The number of anilines is 1. The third-order valence-electron chi connectivity index (χ3n) is 5.79. The number of benzene rings is 1. The summed E-state index contributed by atoms with van der Waals surface area (Å²) >= 11 is 5.50. The van der Waals surface area contributed by atoms with E-state index in [-0.39, 0.29) is 10.8 Å². The van der Waals surface area contributed by atoms with E-state index in [0.29, 0.717) is 37.9 Å². The number of nitrogens with zero attached hydrogens (tertiary/aromatic N) is 4. The fraction of sp³-hybridized carbons (Fsp3) is 0.440. The normalized spacial score (nSPS) is 15.5. The van der Waals surface area contributed by atoms with Crippen molar-refractivity contribution in [3.05, 3.63) is 53.3 Å². The van der Waals surface area contributed by atoms with Gasteiger partial charge in [0.2, 0.25) is 0 Å². The van der Waals surface area contributed by atoms with E-state index in [4.69, 9.17) is 22.2 Å². The van der Waals surface area contributed by atoms with Gasteiger partial charge in [-0.25, -0.2) is 0 Å². The molecule has 2 aromatic rings. The summed E-state index contributed by atoms with van der Waals surface area (Å²) in [4.78, 5) is 20.3. The molecule has 3 rings (SSSR count). The van der Waals surface area contributed by atoms with Crippen LogP contribution in [0.3, 0.4) is 0 Å². The third kappa shape index (κ3) is 5.94. The number of rotatable bonds is 9. The molecule has 1 aliphatic heterocycles. The van der Waals surface area contributed by atoms with Crippen molar-refractivity contribution in [2.24, 2.45) is 0 Å². The first kappa shape index (κ1) is 27.4. The molecule has 0 aliphatic carbocycles. The molecule has 0 unspecified atom stereocenters. The first-order valence-corrected chi connectivity index (χ1v) is 11.9. The highest BCUT2D eigenvalue weighted by molar-refractivity contribution is 7.80. The summed E-state index contributed by atoms with van der Waals surface area (Å²) in [5.74, 6) is 0.169. The number of hydrogen-bond acceptors (Lipinski definition) is 6. The average Bonchev–Trinajstić information content (AvgIpc) is 2.98. The maximum Gasteiger partial charge on any atom is 0.417 e. The van der Waals surface area contributed by atoms with Gasteiger partial charge in [0.05, 0.1) is 41.4 Å². The van der Waals surface area contributed by atoms with Crippen LogP contribution < -0.4 is 15.0 Å². The summed E-state index contributed by atoms with van der Waals surface area (Å²) < 4.78 is 46.1. The number of pyridine rings is 1. The van der Waals surface area contributed by atoms with Crippen LogP contribution in [0.25, 0.3) is 0 Å². The highest BCUT2D eigenvalue weighted by Gasteiger charge is 2.49. The SMILES string of the molecule is CC(C)NCc1ccc(OCCCN2C(=S)N(c3ccc(C#N)c(C(F)(F)F)c3)C(=O)C2(C)C)cn1. The monoisotopic (exact) mass is 519 g/mol. The molecular formula is C25H28F3N5O2S. The fourth-order valence-electron chi connectivity index (χ4n) is 3.76. The first-order chi connectivity index (χ1) is 16.9. The van der Waals surface area contributed by atoms with Crippen molar-refractivity contribution >= 4 is 28.9 Å². The molecule has 36 heavy (non-hydrogen) atoms. The number of carbonyl (C=O) groups excluding carboxylic acids is 1. The third-order valence-corrected chi connectivity index (χ3v) is 6.20. The largest absolute Gasteiger partial charge is 0.492 e. The molecule has 0 spiro atoms. The van der Waals surface area contributed by atoms with E-state index in [1.165, 1.54) is 6.07 Å². The van der Waals surface area contributed by atoms with Gasteiger partial charge < -0.3 is 15.0 Å². The van der Waals surface area contributed by atoms with Gasteiger partial charge in [0.15, 0.2) is 5.11 Å². The molecular weight excluding hydrogens is 491 g/mol. The lowest BCUT2D eigenvalue weighted by atomic mass is 10.0. The molecule has 192 valence electrons. The molecule has 0 saturated carbocycles. The Kier molecular flexibility index (Phi) is 8.21. The Bertz CT molecular complexity index is 1160. The van der Waals surface area contributed by atoms with Gasteiger partial charge in [0.25, 0.3) is 5.91 Å². The number of alkyl halides is 3. The van der Waals surface area contributed by atoms with Crippen LogP contribution in [0.2, 0.25) is 0 Å². The summed E-state index contributed by atoms with van der Waals surface area (Å²) in [6.45, 7) is 8.82. The van der Waals surface area contributed by atoms with E-state index in [1.807, 2.05) is 12.1 Å². The topological polar surface area (TPSA) is 81.5 Å². The van der Waals surface area contributed by atoms with Gasteiger partial charge in [-0.1, -0.05) is 13.8 Å².